The molecule has 0 saturated heterocycles. The zero-order chi connectivity index (χ0) is 4.41. The monoisotopic (exact) mass is 121 g/mol. The van der Waals surface area contributed by atoms with E-state index < -0.39 is 0 Å². The molecule has 0 radical (unpaired) electrons. The first-order valence-electron chi connectivity index (χ1n) is 1.89. The molecular weight excluding hydrogens is 116 g/mol. The summed E-state index contributed by atoms with van der Waals surface area (Å²) in [5, 5.41) is 0. The minimum atomic E-state index is 1.06. The SMILES string of the molecule is [Fe][C]1=CC=CC1. The molecule has 1 rings (SSSR count). The van der Waals surface area contributed by atoms with Crippen molar-refractivity contribution in [1.82, 2.24) is 0 Å². The Hall–Kier alpha value is -0.000519. The predicted molar refractivity (Wildman–Crippen MR) is 21.8 cm³/mol. The Labute approximate surface area is 45.7 Å². The van der Waals surface area contributed by atoms with Crippen LogP contribution in [-0.2, 0) is 16.0 Å². The van der Waals surface area contributed by atoms with Crippen LogP contribution >= 0.6 is 0 Å². The van der Waals surface area contributed by atoms with Gasteiger partial charge < -0.3 is 0 Å². The molecule has 0 N–H and O–H groups in total. The molecular formula is C5H5Fe. The minimum absolute atomic E-state index is 1.06. The van der Waals surface area contributed by atoms with Crippen LogP contribution in [0.15, 0.2) is 22.7 Å². The molecule has 0 saturated carbocycles. The Bertz CT molecular complexity index is 101. The fourth-order valence-electron chi connectivity index (χ4n) is 0.416. The average Bonchev–Trinajstić information content (AvgIpc) is 1.86. The first-order valence-corrected chi connectivity index (χ1v) is 2.45. The number of allylic oxidation sites excluding steroid dienone is 4. The van der Waals surface area contributed by atoms with Gasteiger partial charge in [-0.2, -0.15) is 0 Å². The van der Waals surface area contributed by atoms with Gasteiger partial charge in [-0.25, -0.2) is 0 Å². The summed E-state index contributed by atoms with van der Waals surface area (Å²) in [5.74, 6) is 0. The van der Waals surface area contributed by atoms with Crippen LogP contribution < -0.4 is 0 Å². The molecule has 0 spiro atoms. The molecule has 0 heterocycles. The van der Waals surface area contributed by atoms with Gasteiger partial charge in [0.25, 0.3) is 0 Å². The molecule has 0 unspecified atom stereocenters. The number of hydrogen-bond donors (Lipinski definition) is 0. The maximum absolute atomic E-state index is 3.74. The van der Waals surface area contributed by atoms with Gasteiger partial charge in [0, 0.05) is 0 Å². The first kappa shape index (κ1) is 4.17. The molecule has 0 amide bonds. The van der Waals surface area contributed by atoms with E-state index in [1.165, 1.54) is 4.47 Å². The zero-order valence-electron chi connectivity index (χ0n) is 3.29. The van der Waals surface area contributed by atoms with Crippen molar-refractivity contribution in [2.45, 2.75) is 6.42 Å². The molecule has 0 nitrogen and oxygen atoms in total. The zero-order valence-corrected chi connectivity index (χ0v) is 4.40. The van der Waals surface area contributed by atoms with E-state index in [0.29, 0.717) is 0 Å². The van der Waals surface area contributed by atoms with Crippen molar-refractivity contribution in [2.24, 2.45) is 0 Å². The van der Waals surface area contributed by atoms with Crippen LogP contribution in [0.2, 0.25) is 0 Å². The van der Waals surface area contributed by atoms with E-state index in [-0.39, 0.29) is 0 Å². The van der Waals surface area contributed by atoms with Crippen molar-refractivity contribution in [3.05, 3.63) is 22.7 Å². The fraction of sp³-hybridized carbons (Fsp3) is 0.200. The molecule has 1 heteroatoms. The molecule has 6 heavy (non-hydrogen) atoms. The topological polar surface area (TPSA) is 0 Å². The number of hydrogen-bond acceptors (Lipinski definition) is 0. The van der Waals surface area contributed by atoms with Gasteiger partial charge in [-0.05, 0) is 0 Å². The summed E-state index contributed by atoms with van der Waals surface area (Å²) in [7, 11) is 0. The van der Waals surface area contributed by atoms with Crippen LogP contribution in [0, 0.1) is 0 Å². The molecule has 0 aromatic carbocycles. The van der Waals surface area contributed by atoms with Gasteiger partial charge in [0.2, 0.25) is 0 Å². The van der Waals surface area contributed by atoms with Gasteiger partial charge in [-0.1, -0.05) is 0 Å². The van der Waals surface area contributed by atoms with Crippen LogP contribution in [0.3, 0.4) is 0 Å². The van der Waals surface area contributed by atoms with Crippen LogP contribution in [0.1, 0.15) is 6.42 Å². The van der Waals surface area contributed by atoms with Crippen molar-refractivity contribution in [3.63, 3.8) is 0 Å². The Morgan fingerprint density at radius 1 is 1.67 bits per heavy atom. The van der Waals surface area contributed by atoms with E-state index in [1.807, 2.05) is 12.2 Å². The van der Waals surface area contributed by atoms with Gasteiger partial charge in [0.1, 0.15) is 0 Å². The quantitative estimate of drug-likeness (QED) is 0.424. The van der Waals surface area contributed by atoms with Gasteiger partial charge in [-0.3, -0.25) is 0 Å². The molecule has 33 valence electrons. The average molecular weight is 121 g/mol. The fourth-order valence-corrected chi connectivity index (χ4v) is 0.652. The molecule has 0 fully saturated rings. The summed E-state index contributed by atoms with van der Waals surface area (Å²) in [6, 6.07) is 0. The Kier molecular flexibility index (Phi) is 1.13. The molecule has 0 aliphatic heterocycles. The maximum atomic E-state index is 3.74. The summed E-state index contributed by atoms with van der Waals surface area (Å²) >= 11 is 3.74. The molecule has 1 aliphatic rings. The summed E-state index contributed by atoms with van der Waals surface area (Å²) < 4.78 is 1.22. The van der Waals surface area contributed by atoms with Crippen LogP contribution in [-0.4, -0.2) is 0 Å². The second-order valence-corrected chi connectivity index (χ2v) is 1.94. The van der Waals surface area contributed by atoms with E-state index in [2.05, 4.69) is 22.1 Å². The van der Waals surface area contributed by atoms with Crippen molar-refractivity contribution >= 4 is 0 Å². The summed E-state index contributed by atoms with van der Waals surface area (Å²) in [6.45, 7) is 0. The standard InChI is InChI=1S/C5H5.Fe/c1-2-4-5-3-1;/h1-3H,4H2;. The Morgan fingerprint density at radius 3 is 2.67 bits per heavy atom. The van der Waals surface area contributed by atoms with E-state index in [4.69, 9.17) is 0 Å². The van der Waals surface area contributed by atoms with Gasteiger partial charge in [0.05, 0.1) is 0 Å². The van der Waals surface area contributed by atoms with Crippen molar-refractivity contribution in [3.8, 4) is 0 Å². The normalized spacial score (nSPS) is 18.5. The molecule has 0 aromatic heterocycles. The second-order valence-electron chi connectivity index (χ2n) is 1.23. The second kappa shape index (κ2) is 1.63. The summed E-state index contributed by atoms with van der Waals surface area (Å²) in [4.78, 5) is 0. The molecule has 0 aromatic rings. The van der Waals surface area contributed by atoms with Crippen molar-refractivity contribution < 1.29 is 16.0 Å². The van der Waals surface area contributed by atoms with Gasteiger partial charge in [0.15, 0.2) is 0 Å². The predicted octanol–water partition coefficient (Wildman–Crippen LogP) is 1.38. The van der Waals surface area contributed by atoms with Gasteiger partial charge in [-0.15, -0.1) is 0 Å². The first-order chi connectivity index (χ1) is 2.89. The third-order valence-electron chi connectivity index (χ3n) is 0.717. The molecule has 0 bridgehead atoms. The molecule has 0 atom stereocenters. The summed E-state index contributed by atoms with van der Waals surface area (Å²) in [6.07, 6.45) is 7.21. The van der Waals surface area contributed by atoms with E-state index in [0.717, 1.165) is 6.42 Å². The third kappa shape index (κ3) is 0.734. The van der Waals surface area contributed by atoms with Gasteiger partial charge >= 0.3 is 45.1 Å². The molecule has 1 aliphatic carbocycles. The van der Waals surface area contributed by atoms with E-state index in [9.17, 15) is 0 Å². The summed E-state index contributed by atoms with van der Waals surface area (Å²) in [5.41, 5.74) is 0. The van der Waals surface area contributed by atoms with Crippen molar-refractivity contribution in [2.75, 3.05) is 0 Å². The third-order valence-corrected chi connectivity index (χ3v) is 1.13. The van der Waals surface area contributed by atoms with E-state index >= 15 is 0 Å². The van der Waals surface area contributed by atoms with Crippen molar-refractivity contribution in [1.29, 1.82) is 0 Å². The Balaban J connectivity index is 2.61. The van der Waals surface area contributed by atoms with E-state index in [1.54, 1.807) is 0 Å². The number of rotatable bonds is 0. The Morgan fingerprint density at radius 2 is 2.50 bits per heavy atom. The van der Waals surface area contributed by atoms with Crippen LogP contribution in [0.5, 0.6) is 0 Å². The van der Waals surface area contributed by atoms with Crippen LogP contribution in [0.4, 0.5) is 0 Å². The van der Waals surface area contributed by atoms with Crippen LogP contribution in [0.25, 0.3) is 0 Å².